The third-order valence-electron chi connectivity index (χ3n) is 6.63. The van der Waals surface area contributed by atoms with Gasteiger partial charge in [-0.15, -0.1) is 6.58 Å². The minimum atomic E-state index is 0.650. The van der Waals surface area contributed by atoms with E-state index in [0.29, 0.717) is 22.3 Å². The van der Waals surface area contributed by atoms with Crippen molar-refractivity contribution in [3.63, 3.8) is 0 Å². The van der Waals surface area contributed by atoms with Gasteiger partial charge in [0.15, 0.2) is 0 Å². The van der Waals surface area contributed by atoms with Gasteiger partial charge in [-0.3, -0.25) is 0 Å². The van der Waals surface area contributed by atoms with Crippen LogP contribution in [0.15, 0.2) is 12.7 Å². The Bertz CT molecular complexity index is 381. The van der Waals surface area contributed by atoms with Crippen LogP contribution >= 0.6 is 0 Å². The Balaban J connectivity index is 1.75. The summed E-state index contributed by atoms with van der Waals surface area (Å²) in [5.41, 5.74) is 1.96. The van der Waals surface area contributed by atoms with E-state index in [0.717, 1.165) is 18.9 Å². The predicted octanol–water partition coefficient (Wildman–Crippen LogP) is 5.32. The molecular formula is C20H35N. The van der Waals surface area contributed by atoms with E-state index in [1.807, 2.05) is 0 Å². The fourth-order valence-corrected chi connectivity index (χ4v) is 7.32. The number of nitrogens with one attached hydrogen (secondary N) is 1. The molecular weight excluding hydrogens is 254 g/mol. The zero-order chi connectivity index (χ0) is 15.1. The Labute approximate surface area is 132 Å². The van der Waals surface area contributed by atoms with Gasteiger partial charge in [0.25, 0.3) is 0 Å². The lowest BCUT2D eigenvalue weighted by Crippen LogP contribution is -2.56. The molecule has 0 aromatic carbocycles. The Hall–Kier alpha value is -0.300. The average molecular weight is 290 g/mol. The standard InChI is InChI=1S/C20H35N/c1-5-7-8-17(21-6-2)12-20-11-16-9-18(3,14-20)13-19(4,10-16)15-20/h5,16-17,21H,1,6-15H2,2-4H3. The zero-order valence-electron chi connectivity index (χ0n) is 14.5. The molecule has 0 aliphatic heterocycles. The number of allylic oxidation sites excluding steroid dienone is 1. The van der Waals surface area contributed by atoms with Crippen LogP contribution in [0.3, 0.4) is 0 Å². The smallest absolute Gasteiger partial charge is 0.00751 e. The summed E-state index contributed by atoms with van der Waals surface area (Å²) in [6.07, 6.45) is 15.0. The Morgan fingerprint density at radius 2 is 1.81 bits per heavy atom. The molecule has 1 heteroatoms. The molecule has 120 valence electrons. The average Bonchev–Trinajstić information content (AvgIpc) is 2.31. The summed E-state index contributed by atoms with van der Waals surface area (Å²) >= 11 is 0. The number of hydrogen-bond acceptors (Lipinski definition) is 1. The van der Waals surface area contributed by atoms with Gasteiger partial charge >= 0.3 is 0 Å². The molecule has 0 saturated heterocycles. The lowest BCUT2D eigenvalue weighted by Gasteiger charge is -2.66. The molecule has 3 atom stereocenters. The SMILES string of the molecule is C=CCCC(CC12CC3CC(C)(CC(C)(C3)C1)C2)NCC. The van der Waals surface area contributed by atoms with Crippen molar-refractivity contribution in [3.05, 3.63) is 12.7 Å². The molecule has 0 amide bonds. The maximum absolute atomic E-state index is 3.91. The van der Waals surface area contributed by atoms with Gasteiger partial charge in [-0.2, -0.15) is 0 Å². The summed E-state index contributed by atoms with van der Waals surface area (Å²) in [6.45, 7) is 12.5. The van der Waals surface area contributed by atoms with Crippen molar-refractivity contribution in [1.82, 2.24) is 5.32 Å². The summed E-state index contributed by atoms with van der Waals surface area (Å²) in [5, 5.41) is 3.77. The second-order valence-electron chi connectivity index (χ2n) is 9.45. The van der Waals surface area contributed by atoms with Crippen LogP contribution in [0.5, 0.6) is 0 Å². The fraction of sp³-hybridized carbons (Fsp3) is 0.900. The topological polar surface area (TPSA) is 12.0 Å². The van der Waals surface area contributed by atoms with Crippen LogP contribution in [0, 0.1) is 22.2 Å². The van der Waals surface area contributed by atoms with E-state index in [2.05, 4.69) is 38.7 Å². The molecule has 4 aliphatic carbocycles. The first-order valence-electron chi connectivity index (χ1n) is 9.24. The summed E-state index contributed by atoms with van der Waals surface area (Å²) in [5.74, 6) is 1.03. The molecule has 0 spiro atoms. The van der Waals surface area contributed by atoms with E-state index in [-0.39, 0.29) is 0 Å². The number of hydrogen-bond donors (Lipinski definition) is 1. The molecule has 0 radical (unpaired) electrons. The molecule has 4 saturated carbocycles. The second kappa shape index (κ2) is 5.41. The minimum Gasteiger partial charge on any atom is -0.314 e. The lowest BCUT2D eigenvalue weighted by atomic mass is 9.39. The third-order valence-corrected chi connectivity index (χ3v) is 6.63. The summed E-state index contributed by atoms with van der Waals surface area (Å²) in [7, 11) is 0. The van der Waals surface area contributed by atoms with E-state index < -0.39 is 0 Å². The zero-order valence-corrected chi connectivity index (χ0v) is 14.5. The van der Waals surface area contributed by atoms with Crippen LogP contribution in [0.2, 0.25) is 0 Å². The molecule has 3 unspecified atom stereocenters. The summed E-state index contributed by atoms with van der Waals surface area (Å²) < 4.78 is 0. The molecule has 0 heterocycles. The van der Waals surface area contributed by atoms with Gasteiger partial charge in [0, 0.05) is 6.04 Å². The lowest BCUT2D eigenvalue weighted by molar-refractivity contribution is -0.150. The molecule has 1 nitrogen and oxygen atoms in total. The van der Waals surface area contributed by atoms with Crippen LogP contribution in [0.4, 0.5) is 0 Å². The van der Waals surface area contributed by atoms with Crippen molar-refractivity contribution in [2.75, 3.05) is 6.54 Å². The van der Waals surface area contributed by atoms with Crippen LogP contribution in [0.1, 0.15) is 78.6 Å². The van der Waals surface area contributed by atoms with Crippen molar-refractivity contribution in [2.45, 2.75) is 84.6 Å². The van der Waals surface area contributed by atoms with Gasteiger partial charge in [0.2, 0.25) is 0 Å². The quantitative estimate of drug-likeness (QED) is 0.626. The summed E-state index contributed by atoms with van der Waals surface area (Å²) in [4.78, 5) is 0. The van der Waals surface area contributed by atoms with E-state index in [4.69, 9.17) is 0 Å². The minimum absolute atomic E-state index is 0.650. The first kappa shape index (κ1) is 15.6. The molecule has 4 rings (SSSR count). The Morgan fingerprint density at radius 1 is 1.14 bits per heavy atom. The Kier molecular flexibility index (Phi) is 4.01. The van der Waals surface area contributed by atoms with Gasteiger partial charge in [-0.05, 0) is 86.5 Å². The summed E-state index contributed by atoms with van der Waals surface area (Å²) in [6, 6.07) is 0.705. The number of rotatable bonds is 7. The molecule has 21 heavy (non-hydrogen) atoms. The van der Waals surface area contributed by atoms with Gasteiger partial charge in [-0.25, -0.2) is 0 Å². The molecule has 4 bridgehead atoms. The molecule has 1 N–H and O–H groups in total. The highest BCUT2D eigenvalue weighted by Gasteiger charge is 2.59. The maximum atomic E-state index is 3.91. The molecule has 4 fully saturated rings. The van der Waals surface area contributed by atoms with E-state index in [1.165, 1.54) is 51.4 Å². The predicted molar refractivity (Wildman–Crippen MR) is 91.4 cm³/mol. The monoisotopic (exact) mass is 289 g/mol. The molecule has 4 aliphatic rings. The highest BCUT2D eigenvalue weighted by molar-refractivity contribution is 5.11. The first-order valence-corrected chi connectivity index (χ1v) is 9.24. The van der Waals surface area contributed by atoms with E-state index in [1.54, 1.807) is 0 Å². The van der Waals surface area contributed by atoms with Gasteiger partial charge in [0.1, 0.15) is 0 Å². The maximum Gasteiger partial charge on any atom is 0.00751 e. The Morgan fingerprint density at radius 3 is 2.33 bits per heavy atom. The van der Waals surface area contributed by atoms with E-state index in [9.17, 15) is 0 Å². The first-order chi connectivity index (χ1) is 9.90. The highest BCUT2D eigenvalue weighted by atomic mass is 14.9. The van der Waals surface area contributed by atoms with Crippen molar-refractivity contribution in [3.8, 4) is 0 Å². The van der Waals surface area contributed by atoms with Crippen molar-refractivity contribution < 1.29 is 0 Å². The fourth-order valence-electron chi connectivity index (χ4n) is 7.32. The van der Waals surface area contributed by atoms with Crippen LogP contribution in [-0.2, 0) is 0 Å². The van der Waals surface area contributed by atoms with E-state index >= 15 is 0 Å². The van der Waals surface area contributed by atoms with Crippen LogP contribution in [0.25, 0.3) is 0 Å². The normalized spacial score (nSPS) is 45.8. The molecule has 0 aromatic heterocycles. The van der Waals surface area contributed by atoms with Crippen LogP contribution < -0.4 is 5.32 Å². The van der Waals surface area contributed by atoms with Gasteiger partial charge in [-0.1, -0.05) is 26.8 Å². The van der Waals surface area contributed by atoms with Crippen LogP contribution in [-0.4, -0.2) is 12.6 Å². The van der Waals surface area contributed by atoms with Gasteiger partial charge in [0.05, 0.1) is 0 Å². The van der Waals surface area contributed by atoms with Gasteiger partial charge < -0.3 is 5.32 Å². The highest BCUT2D eigenvalue weighted by Crippen LogP contribution is 2.70. The van der Waals surface area contributed by atoms with Crippen molar-refractivity contribution >= 4 is 0 Å². The van der Waals surface area contributed by atoms with Crippen molar-refractivity contribution in [2.24, 2.45) is 22.2 Å². The molecule has 0 aromatic rings. The van der Waals surface area contributed by atoms with Crippen molar-refractivity contribution in [1.29, 1.82) is 0 Å². The largest absolute Gasteiger partial charge is 0.314 e. The third kappa shape index (κ3) is 3.09. The second-order valence-corrected chi connectivity index (χ2v) is 9.45.